The highest BCUT2D eigenvalue weighted by molar-refractivity contribution is 5.92. The molecule has 1 N–H and O–H groups in total. The van der Waals surface area contributed by atoms with E-state index in [4.69, 9.17) is 4.74 Å². The lowest BCUT2D eigenvalue weighted by Gasteiger charge is -2.41. The maximum absolute atomic E-state index is 12.5. The van der Waals surface area contributed by atoms with E-state index < -0.39 is 0 Å². The molecule has 2 aliphatic rings. The van der Waals surface area contributed by atoms with Crippen LogP contribution in [0.2, 0.25) is 0 Å². The summed E-state index contributed by atoms with van der Waals surface area (Å²) in [4.78, 5) is 18.6. The summed E-state index contributed by atoms with van der Waals surface area (Å²) in [6.07, 6.45) is 8.03. The molecule has 1 aliphatic heterocycles. The number of nitrogens with one attached hydrogen (secondary N) is 1. The minimum absolute atomic E-state index is 0.0433. The van der Waals surface area contributed by atoms with Crippen LogP contribution >= 0.6 is 0 Å². The minimum Gasteiger partial charge on any atom is -0.384 e. The Morgan fingerprint density at radius 3 is 2.73 bits per heavy atom. The smallest absolute Gasteiger partial charge is 0.274 e. The Balaban J connectivity index is 1.58. The average molecular weight is 306 g/mol. The third-order valence-electron chi connectivity index (χ3n) is 4.83. The third-order valence-corrected chi connectivity index (χ3v) is 4.83. The molecule has 1 aromatic heterocycles. The molecule has 0 unspecified atom stereocenters. The zero-order valence-electron chi connectivity index (χ0n) is 13.5. The molecule has 0 atom stereocenters. The van der Waals surface area contributed by atoms with Gasteiger partial charge in [0.2, 0.25) is 0 Å². The number of amides is 1. The fourth-order valence-electron chi connectivity index (χ4n) is 3.20. The van der Waals surface area contributed by atoms with E-state index in [-0.39, 0.29) is 11.3 Å². The van der Waals surface area contributed by atoms with Crippen LogP contribution in [0.3, 0.4) is 0 Å². The van der Waals surface area contributed by atoms with Crippen LogP contribution in [0.1, 0.15) is 36.2 Å². The van der Waals surface area contributed by atoms with Gasteiger partial charge < -0.3 is 19.5 Å². The van der Waals surface area contributed by atoms with Crippen molar-refractivity contribution in [3.63, 3.8) is 0 Å². The second kappa shape index (κ2) is 6.38. The number of piperidine rings is 1. The first-order valence-corrected chi connectivity index (χ1v) is 8.11. The molecule has 2 fully saturated rings. The molecule has 1 aromatic rings. The van der Waals surface area contributed by atoms with Crippen LogP contribution in [0.15, 0.2) is 12.5 Å². The summed E-state index contributed by atoms with van der Waals surface area (Å²) in [5, 5.41) is 3.63. The zero-order chi connectivity index (χ0) is 15.6. The minimum atomic E-state index is 0.0433. The zero-order valence-corrected chi connectivity index (χ0v) is 13.5. The summed E-state index contributed by atoms with van der Waals surface area (Å²) in [6, 6.07) is 0.710. The molecule has 1 saturated heterocycles. The molecule has 1 aliphatic carbocycles. The van der Waals surface area contributed by atoms with Crippen molar-refractivity contribution < 1.29 is 9.53 Å². The van der Waals surface area contributed by atoms with Crippen LogP contribution in [0.25, 0.3) is 0 Å². The second-order valence-corrected chi connectivity index (χ2v) is 6.80. The van der Waals surface area contributed by atoms with Crippen molar-refractivity contribution in [2.45, 2.75) is 31.7 Å². The Labute approximate surface area is 131 Å². The quantitative estimate of drug-likeness (QED) is 0.853. The third kappa shape index (κ3) is 3.50. The molecule has 0 aromatic carbocycles. The van der Waals surface area contributed by atoms with Gasteiger partial charge in [-0.15, -0.1) is 0 Å². The van der Waals surface area contributed by atoms with E-state index in [1.165, 1.54) is 12.8 Å². The lowest BCUT2D eigenvalue weighted by molar-refractivity contribution is 0.0200. The molecule has 6 nitrogen and oxygen atoms in total. The van der Waals surface area contributed by atoms with Crippen LogP contribution in [0.4, 0.5) is 0 Å². The number of aromatic nitrogens is 2. The van der Waals surface area contributed by atoms with Gasteiger partial charge in [0.1, 0.15) is 5.69 Å². The maximum Gasteiger partial charge on any atom is 0.274 e. The number of hydrogen-bond donors (Lipinski definition) is 1. The van der Waals surface area contributed by atoms with Crippen molar-refractivity contribution in [2.75, 3.05) is 33.4 Å². The first kappa shape index (κ1) is 15.5. The van der Waals surface area contributed by atoms with Gasteiger partial charge in [-0.25, -0.2) is 4.98 Å². The second-order valence-electron chi connectivity index (χ2n) is 6.80. The highest BCUT2D eigenvalue weighted by Crippen LogP contribution is 2.33. The van der Waals surface area contributed by atoms with Crippen LogP contribution in [-0.4, -0.2) is 59.8 Å². The largest absolute Gasteiger partial charge is 0.384 e. The van der Waals surface area contributed by atoms with Crippen molar-refractivity contribution in [1.82, 2.24) is 19.8 Å². The molecule has 6 heteroatoms. The monoisotopic (exact) mass is 306 g/mol. The maximum atomic E-state index is 12.5. The predicted molar refractivity (Wildman–Crippen MR) is 83.7 cm³/mol. The van der Waals surface area contributed by atoms with E-state index in [9.17, 15) is 4.79 Å². The van der Waals surface area contributed by atoms with Gasteiger partial charge in [-0.1, -0.05) is 0 Å². The van der Waals surface area contributed by atoms with Gasteiger partial charge in [0.15, 0.2) is 0 Å². The normalized spacial score (nSPS) is 21.1. The number of ether oxygens (including phenoxy) is 1. The summed E-state index contributed by atoms with van der Waals surface area (Å²) >= 11 is 0. The Morgan fingerprint density at radius 2 is 2.18 bits per heavy atom. The van der Waals surface area contributed by atoms with E-state index in [1.807, 2.05) is 16.5 Å². The number of aryl methyl sites for hydroxylation is 1. The average Bonchev–Trinajstić information content (AvgIpc) is 3.26. The summed E-state index contributed by atoms with van der Waals surface area (Å²) < 4.78 is 7.27. The molecule has 122 valence electrons. The van der Waals surface area contributed by atoms with Crippen molar-refractivity contribution in [3.8, 4) is 0 Å². The van der Waals surface area contributed by atoms with Gasteiger partial charge in [0.05, 0.1) is 12.9 Å². The lowest BCUT2D eigenvalue weighted by atomic mass is 9.78. The molecule has 0 radical (unpaired) electrons. The number of hydrogen-bond acceptors (Lipinski definition) is 4. The first-order valence-electron chi connectivity index (χ1n) is 8.11. The van der Waals surface area contributed by atoms with Crippen LogP contribution in [0.5, 0.6) is 0 Å². The van der Waals surface area contributed by atoms with E-state index in [0.717, 1.165) is 39.1 Å². The molecule has 3 rings (SSSR count). The molecule has 22 heavy (non-hydrogen) atoms. The van der Waals surface area contributed by atoms with Crippen LogP contribution in [0, 0.1) is 5.41 Å². The van der Waals surface area contributed by atoms with Gasteiger partial charge in [0, 0.05) is 51.4 Å². The highest BCUT2D eigenvalue weighted by atomic mass is 16.5. The van der Waals surface area contributed by atoms with Gasteiger partial charge >= 0.3 is 0 Å². The number of carbonyl (C=O) groups excluding carboxylic acids is 1. The number of nitrogens with zero attached hydrogens (tertiary/aromatic N) is 3. The van der Waals surface area contributed by atoms with E-state index in [0.29, 0.717) is 11.7 Å². The van der Waals surface area contributed by atoms with Crippen LogP contribution in [-0.2, 0) is 11.8 Å². The van der Waals surface area contributed by atoms with Gasteiger partial charge in [0.25, 0.3) is 5.91 Å². The Kier molecular flexibility index (Phi) is 4.49. The number of imidazole rings is 1. The van der Waals surface area contributed by atoms with Crippen molar-refractivity contribution in [2.24, 2.45) is 12.5 Å². The number of rotatable bonds is 6. The Bertz CT molecular complexity index is 516. The van der Waals surface area contributed by atoms with Gasteiger partial charge in [-0.2, -0.15) is 0 Å². The molecule has 2 heterocycles. The summed E-state index contributed by atoms with van der Waals surface area (Å²) in [5.41, 5.74) is 0.705. The van der Waals surface area contributed by atoms with Crippen molar-refractivity contribution in [1.29, 1.82) is 0 Å². The number of carbonyl (C=O) groups is 1. The molecule has 0 bridgehead atoms. The van der Waals surface area contributed by atoms with Crippen LogP contribution < -0.4 is 5.32 Å². The lowest BCUT2D eigenvalue weighted by Crippen LogP contribution is -2.49. The van der Waals surface area contributed by atoms with Gasteiger partial charge in [-0.3, -0.25) is 4.79 Å². The summed E-state index contributed by atoms with van der Waals surface area (Å²) in [5.74, 6) is 0.0433. The van der Waals surface area contributed by atoms with Crippen molar-refractivity contribution >= 4 is 5.91 Å². The first-order chi connectivity index (χ1) is 10.6. The van der Waals surface area contributed by atoms with E-state index in [2.05, 4.69) is 10.3 Å². The number of methoxy groups -OCH3 is 1. The standard InChI is InChI=1S/C16H26N4O2/c1-19-9-14(18-12-19)15(21)20-7-5-16(6-8-20,11-22-2)10-17-13-3-4-13/h9,12-13,17H,3-8,10-11H2,1-2H3. The van der Waals surface area contributed by atoms with Crippen molar-refractivity contribution in [3.05, 3.63) is 18.2 Å². The van der Waals surface area contributed by atoms with Gasteiger partial charge in [-0.05, 0) is 25.7 Å². The fourth-order valence-corrected chi connectivity index (χ4v) is 3.20. The molecule has 1 amide bonds. The van der Waals surface area contributed by atoms with E-state index in [1.54, 1.807) is 19.6 Å². The molecule has 0 spiro atoms. The molecule has 1 saturated carbocycles. The molecular formula is C16H26N4O2. The Hall–Kier alpha value is -1.40. The fraction of sp³-hybridized carbons (Fsp3) is 0.750. The highest BCUT2D eigenvalue weighted by Gasteiger charge is 2.37. The topological polar surface area (TPSA) is 59.4 Å². The predicted octanol–water partition coefficient (Wildman–Crippen LogP) is 1.04. The number of likely N-dealkylation sites (tertiary alicyclic amines) is 1. The summed E-state index contributed by atoms with van der Waals surface area (Å²) in [6.45, 7) is 3.33. The Morgan fingerprint density at radius 1 is 1.45 bits per heavy atom. The molecular weight excluding hydrogens is 280 g/mol. The summed E-state index contributed by atoms with van der Waals surface area (Å²) in [7, 11) is 3.65. The SMILES string of the molecule is COCC1(CNC2CC2)CCN(C(=O)c2cn(C)cn2)CC1. The van der Waals surface area contributed by atoms with E-state index >= 15 is 0 Å².